The van der Waals surface area contributed by atoms with Gasteiger partial charge in [0.05, 0.1) is 28.8 Å². The van der Waals surface area contributed by atoms with Crippen LogP contribution >= 0.6 is 11.8 Å². The number of hydrogen-bond acceptors (Lipinski definition) is 6. The van der Waals surface area contributed by atoms with Crippen molar-refractivity contribution in [1.82, 2.24) is 20.2 Å². The van der Waals surface area contributed by atoms with Crippen molar-refractivity contribution in [2.75, 3.05) is 6.61 Å². The second-order valence-corrected chi connectivity index (χ2v) is 9.19. The minimum Gasteiger partial charge on any atom is -0.376 e. The Bertz CT molecular complexity index is 1190. The van der Waals surface area contributed by atoms with E-state index >= 15 is 0 Å². The van der Waals surface area contributed by atoms with Crippen molar-refractivity contribution in [3.05, 3.63) is 70.5 Å². The molecule has 0 radical (unpaired) electrons. The summed E-state index contributed by atoms with van der Waals surface area (Å²) in [6, 6.07) is 16.0. The van der Waals surface area contributed by atoms with Crippen molar-refractivity contribution in [2.45, 2.75) is 49.4 Å². The average molecular weight is 467 g/mol. The van der Waals surface area contributed by atoms with Crippen LogP contribution in [0.15, 0.2) is 64.5 Å². The van der Waals surface area contributed by atoms with Crippen LogP contribution in [0.2, 0.25) is 0 Å². The van der Waals surface area contributed by atoms with E-state index in [0.29, 0.717) is 35.8 Å². The molecule has 2 aromatic carbocycles. The summed E-state index contributed by atoms with van der Waals surface area (Å²) >= 11 is 1.15. The van der Waals surface area contributed by atoms with Crippen LogP contribution in [-0.4, -0.2) is 39.5 Å². The number of fused-ring (bicyclic) bond motifs is 1. The maximum absolute atomic E-state index is 13.2. The number of ether oxygens (including phenoxy) is 1. The minimum absolute atomic E-state index is 0.0575. The molecule has 1 saturated heterocycles. The second-order valence-electron chi connectivity index (χ2n) is 7.88. The Morgan fingerprint density at radius 1 is 1.18 bits per heavy atom. The van der Waals surface area contributed by atoms with Gasteiger partial charge in [-0.3, -0.25) is 19.5 Å². The number of carbonyl (C=O) groups is 2. The number of carbonyl (C=O) groups excluding carboxylic acids is 2. The first-order chi connectivity index (χ1) is 16.0. The number of rotatable bonds is 7. The standard InChI is InChI=1S/C24H26N4O4S/c1-16(21(29)27-23(31)25-14-17-8-3-2-4-9-17)33-24-26-20-12-6-5-11-19(20)22(30)28(24)15-18-10-7-13-32-18/h2-6,8-9,11-12,16,18H,7,10,13-15H2,1H3,(H2,25,27,29,31). The number of thioether (sulfide) groups is 1. The first kappa shape index (κ1) is 23.0. The van der Waals surface area contributed by atoms with Crippen LogP contribution in [0.3, 0.4) is 0 Å². The van der Waals surface area contributed by atoms with Gasteiger partial charge in [-0.15, -0.1) is 0 Å². The van der Waals surface area contributed by atoms with E-state index in [0.717, 1.165) is 30.2 Å². The van der Waals surface area contributed by atoms with Gasteiger partial charge >= 0.3 is 6.03 Å². The molecule has 9 heteroatoms. The minimum atomic E-state index is -0.642. The van der Waals surface area contributed by atoms with E-state index in [1.807, 2.05) is 36.4 Å². The third-order valence-corrected chi connectivity index (χ3v) is 6.51. The van der Waals surface area contributed by atoms with Crippen LogP contribution in [0, 0.1) is 0 Å². The van der Waals surface area contributed by atoms with E-state index in [2.05, 4.69) is 15.6 Å². The zero-order valence-electron chi connectivity index (χ0n) is 18.3. The number of nitrogens with zero attached hydrogens (tertiary/aromatic N) is 2. The van der Waals surface area contributed by atoms with Gasteiger partial charge in [0, 0.05) is 13.2 Å². The van der Waals surface area contributed by atoms with Crippen LogP contribution in [0.25, 0.3) is 10.9 Å². The van der Waals surface area contributed by atoms with Crippen molar-refractivity contribution in [2.24, 2.45) is 0 Å². The molecule has 2 N–H and O–H groups in total. The van der Waals surface area contributed by atoms with E-state index in [-0.39, 0.29) is 11.7 Å². The molecule has 2 atom stereocenters. The zero-order valence-corrected chi connectivity index (χ0v) is 19.1. The number of para-hydroxylation sites is 1. The maximum atomic E-state index is 13.2. The highest BCUT2D eigenvalue weighted by Crippen LogP contribution is 2.24. The normalized spacial score (nSPS) is 16.5. The van der Waals surface area contributed by atoms with E-state index in [4.69, 9.17) is 4.74 Å². The van der Waals surface area contributed by atoms with Gasteiger partial charge in [-0.25, -0.2) is 9.78 Å². The van der Waals surface area contributed by atoms with Crippen LogP contribution in [0.4, 0.5) is 4.79 Å². The molecule has 172 valence electrons. The lowest BCUT2D eigenvalue weighted by Gasteiger charge is -2.18. The zero-order chi connectivity index (χ0) is 23.2. The lowest BCUT2D eigenvalue weighted by Crippen LogP contribution is -2.42. The summed E-state index contributed by atoms with van der Waals surface area (Å²) in [5.41, 5.74) is 1.34. The van der Waals surface area contributed by atoms with Crippen molar-refractivity contribution in [3.63, 3.8) is 0 Å². The molecule has 2 heterocycles. The summed E-state index contributed by atoms with van der Waals surface area (Å²) < 4.78 is 7.30. The highest BCUT2D eigenvalue weighted by molar-refractivity contribution is 8.00. The van der Waals surface area contributed by atoms with E-state index < -0.39 is 17.2 Å². The number of aromatic nitrogens is 2. The Morgan fingerprint density at radius 3 is 2.70 bits per heavy atom. The van der Waals surface area contributed by atoms with Crippen LogP contribution < -0.4 is 16.2 Å². The fourth-order valence-corrected chi connectivity index (χ4v) is 4.56. The lowest BCUT2D eigenvalue weighted by molar-refractivity contribution is -0.119. The molecule has 1 aliphatic heterocycles. The molecule has 0 spiro atoms. The molecule has 1 fully saturated rings. The van der Waals surface area contributed by atoms with Crippen molar-refractivity contribution in [1.29, 1.82) is 0 Å². The molecular formula is C24H26N4O4S. The van der Waals surface area contributed by atoms with E-state index in [9.17, 15) is 14.4 Å². The van der Waals surface area contributed by atoms with Gasteiger partial charge in [0.1, 0.15) is 0 Å². The number of nitrogens with one attached hydrogen (secondary N) is 2. The quantitative estimate of drug-likeness (QED) is 0.410. The van der Waals surface area contributed by atoms with Crippen molar-refractivity contribution < 1.29 is 14.3 Å². The summed E-state index contributed by atoms with van der Waals surface area (Å²) in [4.78, 5) is 42.6. The molecule has 3 aromatic rings. The third-order valence-electron chi connectivity index (χ3n) is 5.42. The average Bonchev–Trinajstić information content (AvgIpc) is 3.34. The molecule has 4 rings (SSSR count). The summed E-state index contributed by atoms with van der Waals surface area (Å²) in [5.74, 6) is -0.461. The predicted molar refractivity (Wildman–Crippen MR) is 127 cm³/mol. The Hall–Kier alpha value is -3.17. The van der Waals surface area contributed by atoms with Gasteiger partial charge < -0.3 is 10.1 Å². The van der Waals surface area contributed by atoms with E-state index in [1.165, 1.54) is 0 Å². The number of benzene rings is 2. The number of urea groups is 1. The highest BCUT2D eigenvalue weighted by Gasteiger charge is 2.24. The van der Waals surface area contributed by atoms with Gasteiger partial charge in [0.2, 0.25) is 5.91 Å². The third kappa shape index (κ3) is 5.80. The smallest absolute Gasteiger partial charge is 0.321 e. The SMILES string of the molecule is CC(Sc1nc2ccccc2c(=O)n1CC1CCCO1)C(=O)NC(=O)NCc1ccccc1. The molecule has 3 amide bonds. The molecule has 2 unspecified atom stereocenters. The van der Waals surface area contributed by atoms with Gasteiger partial charge in [0.25, 0.3) is 5.56 Å². The monoisotopic (exact) mass is 466 g/mol. The molecule has 1 aromatic heterocycles. The van der Waals surface area contributed by atoms with E-state index in [1.54, 1.807) is 29.7 Å². The Labute approximate surface area is 195 Å². The summed E-state index contributed by atoms with van der Waals surface area (Å²) in [6.45, 7) is 3.06. The second kappa shape index (κ2) is 10.6. The summed E-state index contributed by atoms with van der Waals surface area (Å²) in [6.07, 6.45) is 1.78. The Balaban J connectivity index is 1.46. The molecule has 0 aliphatic carbocycles. The number of imide groups is 1. The van der Waals surface area contributed by atoms with Crippen LogP contribution in [0.1, 0.15) is 25.3 Å². The first-order valence-electron chi connectivity index (χ1n) is 10.9. The van der Waals surface area contributed by atoms with Gasteiger partial charge in [0.15, 0.2) is 5.16 Å². The fourth-order valence-electron chi connectivity index (χ4n) is 3.64. The molecule has 0 bridgehead atoms. The van der Waals surface area contributed by atoms with Crippen molar-refractivity contribution >= 4 is 34.6 Å². The van der Waals surface area contributed by atoms with Gasteiger partial charge in [-0.2, -0.15) is 0 Å². The molecule has 1 aliphatic rings. The summed E-state index contributed by atoms with van der Waals surface area (Å²) in [5, 5.41) is 5.35. The number of hydrogen-bond donors (Lipinski definition) is 2. The highest BCUT2D eigenvalue weighted by atomic mass is 32.2. The largest absolute Gasteiger partial charge is 0.376 e. The van der Waals surface area contributed by atoms with Crippen LogP contribution in [0.5, 0.6) is 0 Å². The molecule has 33 heavy (non-hydrogen) atoms. The molecule has 8 nitrogen and oxygen atoms in total. The predicted octanol–water partition coefficient (Wildman–Crippen LogP) is 3.08. The molecule has 0 saturated carbocycles. The van der Waals surface area contributed by atoms with Crippen molar-refractivity contribution in [3.8, 4) is 0 Å². The fraction of sp³-hybridized carbons (Fsp3) is 0.333. The molecular weight excluding hydrogens is 440 g/mol. The van der Waals surface area contributed by atoms with Gasteiger partial charge in [-0.1, -0.05) is 54.2 Å². The maximum Gasteiger partial charge on any atom is 0.321 e. The Kier molecular flexibility index (Phi) is 7.41. The summed E-state index contributed by atoms with van der Waals surface area (Å²) in [7, 11) is 0. The lowest BCUT2D eigenvalue weighted by atomic mass is 10.2. The van der Waals surface area contributed by atoms with Gasteiger partial charge in [-0.05, 0) is 37.5 Å². The number of amides is 3. The Morgan fingerprint density at radius 2 is 1.94 bits per heavy atom. The topological polar surface area (TPSA) is 102 Å². The van der Waals surface area contributed by atoms with Crippen LogP contribution in [-0.2, 0) is 22.6 Å². The first-order valence-corrected chi connectivity index (χ1v) is 11.8.